The van der Waals surface area contributed by atoms with Crippen LogP contribution >= 0.6 is 0 Å². The van der Waals surface area contributed by atoms with Crippen LogP contribution in [0.25, 0.3) is 0 Å². The Labute approximate surface area is 134 Å². The molecule has 0 bridgehead atoms. The zero-order valence-electron chi connectivity index (χ0n) is 14.1. The molecule has 0 heterocycles. The molecule has 2 N–H and O–H groups in total. The quantitative estimate of drug-likeness (QED) is 0.627. The molecule has 0 spiro atoms. The Bertz CT molecular complexity index is 550. The zero-order chi connectivity index (χ0) is 16.6. The van der Waals surface area contributed by atoms with Crippen LogP contribution in [0.4, 0.5) is 0 Å². The molecule has 1 rings (SSSR count). The van der Waals surface area contributed by atoms with Gasteiger partial charge in [0.1, 0.15) is 5.60 Å². The monoisotopic (exact) mass is 301 g/mol. The summed E-state index contributed by atoms with van der Waals surface area (Å²) in [5, 5.41) is 13.0. The average molecular weight is 301 g/mol. The molecule has 1 atom stereocenters. The SMILES string of the molecule is CC(=O)NCCCc1cccc(C#CC(C)(O)CC(C)C)c1. The van der Waals surface area contributed by atoms with Gasteiger partial charge in [0.05, 0.1) is 0 Å². The second kappa shape index (κ2) is 8.60. The molecule has 1 aromatic carbocycles. The number of aliphatic hydroxyl groups is 1. The van der Waals surface area contributed by atoms with E-state index in [1.165, 1.54) is 12.5 Å². The van der Waals surface area contributed by atoms with E-state index < -0.39 is 5.60 Å². The summed E-state index contributed by atoms with van der Waals surface area (Å²) in [5.41, 5.74) is 1.16. The Hall–Kier alpha value is -1.79. The highest BCUT2D eigenvalue weighted by molar-refractivity contribution is 5.72. The first kappa shape index (κ1) is 18.3. The van der Waals surface area contributed by atoms with Crippen molar-refractivity contribution >= 4 is 5.91 Å². The Kier molecular flexibility index (Phi) is 7.14. The average Bonchev–Trinajstić information content (AvgIpc) is 2.40. The maximum absolute atomic E-state index is 10.8. The van der Waals surface area contributed by atoms with Crippen molar-refractivity contribution in [2.45, 2.75) is 52.6 Å². The first-order chi connectivity index (χ1) is 10.3. The van der Waals surface area contributed by atoms with Crippen LogP contribution in [0.1, 0.15) is 51.7 Å². The Morgan fingerprint density at radius 2 is 2.14 bits per heavy atom. The number of rotatable bonds is 6. The van der Waals surface area contributed by atoms with Crippen molar-refractivity contribution in [1.29, 1.82) is 0 Å². The third-order valence-electron chi connectivity index (χ3n) is 3.23. The number of carbonyl (C=O) groups is 1. The standard InChI is InChI=1S/C19H27NO2/c1-15(2)14-19(4,22)11-10-18-8-5-7-17(13-18)9-6-12-20-16(3)21/h5,7-8,13,15,22H,6,9,12,14H2,1-4H3,(H,20,21). The van der Waals surface area contributed by atoms with Gasteiger partial charge in [0.25, 0.3) is 0 Å². The lowest BCUT2D eigenvalue weighted by atomic mass is 9.94. The lowest BCUT2D eigenvalue weighted by molar-refractivity contribution is -0.118. The lowest BCUT2D eigenvalue weighted by Gasteiger charge is -2.18. The number of aryl methyl sites for hydroxylation is 1. The molecule has 0 aliphatic rings. The molecule has 3 heteroatoms. The van der Waals surface area contributed by atoms with Gasteiger partial charge >= 0.3 is 0 Å². The van der Waals surface area contributed by atoms with Gasteiger partial charge in [-0.1, -0.05) is 37.8 Å². The van der Waals surface area contributed by atoms with E-state index in [4.69, 9.17) is 0 Å². The zero-order valence-corrected chi connectivity index (χ0v) is 14.1. The summed E-state index contributed by atoms with van der Waals surface area (Å²) in [5.74, 6) is 6.45. The fourth-order valence-electron chi connectivity index (χ4n) is 2.41. The normalized spacial score (nSPS) is 13.2. The van der Waals surface area contributed by atoms with Gasteiger partial charge in [-0.05, 0) is 49.8 Å². The van der Waals surface area contributed by atoms with Crippen LogP contribution in [0.5, 0.6) is 0 Å². The van der Waals surface area contributed by atoms with Crippen molar-refractivity contribution in [1.82, 2.24) is 5.32 Å². The van der Waals surface area contributed by atoms with E-state index in [1.54, 1.807) is 6.92 Å². The molecule has 0 aliphatic carbocycles. The first-order valence-electron chi connectivity index (χ1n) is 7.87. The van der Waals surface area contributed by atoms with Gasteiger partial charge in [0.15, 0.2) is 0 Å². The molecule has 3 nitrogen and oxygen atoms in total. The van der Waals surface area contributed by atoms with Crippen LogP contribution in [0.3, 0.4) is 0 Å². The number of nitrogens with one attached hydrogen (secondary N) is 1. The maximum atomic E-state index is 10.8. The van der Waals surface area contributed by atoms with Gasteiger partial charge in [-0.15, -0.1) is 0 Å². The summed E-state index contributed by atoms with van der Waals surface area (Å²) in [6.45, 7) is 8.13. The number of hydrogen-bond acceptors (Lipinski definition) is 2. The van der Waals surface area contributed by atoms with E-state index >= 15 is 0 Å². The smallest absolute Gasteiger partial charge is 0.216 e. The predicted octanol–water partition coefficient (Wildman–Crippen LogP) is 2.90. The third kappa shape index (κ3) is 7.85. The summed E-state index contributed by atoms with van der Waals surface area (Å²) in [6, 6.07) is 8.04. The van der Waals surface area contributed by atoms with Crippen LogP contribution in [0.15, 0.2) is 24.3 Å². The van der Waals surface area contributed by atoms with Gasteiger partial charge < -0.3 is 10.4 Å². The molecule has 0 saturated heterocycles. The fraction of sp³-hybridized carbons (Fsp3) is 0.526. The highest BCUT2D eigenvalue weighted by Crippen LogP contribution is 2.15. The highest BCUT2D eigenvalue weighted by atomic mass is 16.3. The second-order valence-corrected chi connectivity index (χ2v) is 6.41. The summed E-state index contributed by atoms with van der Waals surface area (Å²) in [7, 11) is 0. The molecule has 0 radical (unpaired) electrons. The number of carbonyl (C=O) groups excluding carboxylic acids is 1. The summed E-state index contributed by atoms with van der Waals surface area (Å²) < 4.78 is 0. The molecule has 1 aromatic rings. The first-order valence-corrected chi connectivity index (χ1v) is 7.87. The second-order valence-electron chi connectivity index (χ2n) is 6.41. The van der Waals surface area contributed by atoms with Gasteiger partial charge in [0.2, 0.25) is 5.91 Å². The van der Waals surface area contributed by atoms with Crippen molar-refractivity contribution in [2.75, 3.05) is 6.54 Å². The largest absolute Gasteiger partial charge is 0.378 e. The fourth-order valence-corrected chi connectivity index (χ4v) is 2.41. The van der Waals surface area contributed by atoms with Crippen LogP contribution in [0.2, 0.25) is 0 Å². The van der Waals surface area contributed by atoms with E-state index in [1.807, 2.05) is 18.2 Å². The predicted molar refractivity (Wildman–Crippen MR) is 90.4 cm³/mol. The topological polar surface area (TPSA) is 49.3 Å². The highest BCUT2D eigenvalue weighted by Gasteiger charge is 2.18. The summed E-state index contributed by atoms with van der Waals surface area (Å²) in [6.07, 6.45) is 2.47. The van der Waals surface area contributed by atoms with E-state index in [0.29, 0.717) is 18.9 Å². The molecule has 0 aromatic heterocycles. The Morgan fingerprint density at radius 1 is 1.41 bits per heavy atom. The van der Waals surface area contributed by atoms with Crippen LogP contribution in [-0.4, -0.2) is 23.2 Å². The van der Waals surface area contributed by atoms with E-state index in [0.717, 1.165) is 18.4 Å². The van der Waals surface area contributed by atoms with Crippen LogP contribution in [0, 0.1) is 17.8 Å². The van der Waals surface area contributed by atoms with Crippen molar-refractivity contribution in [3.63, 3.8) is 0 Å². The van der Waals surface area contributed by atoms with Crippen LogP contribution in [-0.2, 0) is 11.2 Å². The Balaban J connectivity index is 2.63. The molecule has 0 saturated carbocycles. The van der Waals surface area contributed by atoms with E-state index in [9.17, 15) is 9.90 Å². The molecular formula is C19H27NO2. The maximum Gasteiger partial charge on any atom is 0.216 e. The minimum Gasteiger partial charge on any atom is -0.378 e. The van der Waals surface area contributed by atoms with E-state index in [-0.39, 0.29) is 5.91 Å². The Morgan fingerprint density at radius 3 is 2.77 bits per heavy atom. The summed E-state index contributed by atoms with van der Waals surface area (Å²) in [4.78, 5) is 10.8. The van der Waals surface area contributed by atoms with Gasteiger partial charge in [-0.3, -0.25) is 4.79 Å². The lowest BCUT2D eigenvalue weighted by Crippen LogP contribution is -2.23. The van der Waals surface area contributed by atoms with Gasteiger partial charge in [0, 0.05) is 19.0 Å². The van der Waals surface area contributed by atoms with Gasteiger partial charge in [-0.2, -0.15) is 0 Å². The van der Waals surface area contributed by atoms with Crippen molar-refractivity contribution in [3.8, 4) is 11.8 Å². The molecular weight excluding hydrogens is 274 g/mol. The number of hydrogen-bond donors (Lipinski definition) is 2. The molecule has 0 fully saturated rings. The number of benzene rings is 1. The van der Waals surface area contributed by atoms with Crippen molar-refractivity contribution in [3.05, 3.63) is 35.4 Å². The van der Waals surface area contributed by atoms with E-state index in [2.05, 4.69) is 37.1 Å². The molecule has 0 aliphatic heterocycles. The molecule has 1 unspecified atom stereocenters. The minimum atomic E-state index is -0.949. The van der Waals surface area contributed by atoms with Gasteiger partial charge in [-0.25, -0.2) is 0 Å². The van der Waals surface area contributed by atoms with Crippen LogP contribution < -0.4 is 5.32 Å². The molecule has 120 valence electrons. The third-order valence-corrected chi connectivity index (χ3v) is 3.23. The van der Waals surface area contributed by atoms with Crippen molar-refractivity contribution < 1.29 is 9.90 Å². The summed E-state index contributed by atoms with van der Waals surface area (Å²) >= 11 is 0. The van der Waals surface area contributed by atoms with Crippen molar-refractivity contribution in [2.24, 2.45) is 5.92 Å². The minimum absolute atomic E-state index is 0.00648. The molecule has 1 amide bonds. The molecule has 22 heavy (non-hydrogen) atoms. The number of amides is 1.